The zero-order chi connectivity index (χ0) is 17.0. The number of hydrogen-bond donors (Lipinski definition) is 1. The van der Waals surface area contributed by atoms with Crippen LogP contribution in [0.1, 0.15) is 12.5 Å². The Kier molecular flexibility index (Phi) is 5.69. The molecule has 2 aromatic carbocycles. The van der Waals surface area contributed by atoms with Crippen molar-refractivity contribution in [1.82, 2.24) is 4.90 Å². The smallest absolute Gasteiger partial charge is 0.241 e. The number of benzene rings is 2. The molecule has 6 heteroatoms. The van der Waals surface area contributed by atoms with Crippen LogP contribution in [0.4, 0.5) is 14.5 Å². The Hall–Kier alpha value is -1.98. The third-order valence-corrected chi connectivity index (χ3v) is 3.98. The van der Waals surface area contributed by atoms with Crippen LogP contribution in [-0.2, 0) is 11.3 Å². The maximum absolute atomic E-state index is 13.8. The van der Waals surface area contributed by atoms with Gasteiger partial charge in [0.05, 0.1) is 6.04 Å². The van der Waals surface area contributed by atoms with Crippen molar-refractivity contribution in [2.75, 3.05) is 12.4 Å². The van der Waals surface area contributed by atoms with Crippen molar-refractivity contribution in [3.05, 3.63) is 64.7 Å². The number of hydrogen-bond acceptors (Lipinski definition) is 2. The van der Waals surface area contributed by atoms with E-state index in [0.29, 0.717) is 16.3 Å². The lowest BCUT2D eigenvalue weighted by molar-refractivity contribution is -0.120. The topological polar surface area (TPSA) is 32.3 Å². The van der Waals surface area contributed by atoms with Crippen molar-refractivity contribution in [3.63, 3.8) is 0 Å². The average molecular weight is 339 g/mol. The van der Waals surface area contributed by atoms with Gasteiger partial charge in [0, 0.05) is 22.8 Å². The normalized spacial score (nSPS) is 12.3. The second kappa shape index (κ2) is 7.53. The lowest BCUT2D eigenvalue weighted by atomic mass is 10.1. The monoisotopic (exact) mass is 338 g/mol. The summed E-state index contributed by atoms with van der Waals surface area (Å²) in [6, 6.07) is 9.45. The first-order chi connectivity index (χ1) is 10.9. The molecule has 0 radical (unpaired) electrons. The van der Waals surface area contributed by atoms with Crippen LogP contribution in [0.3, 0.4) is 0 Å². The summed E-state index contributed by atoms with van der Waals surface area (Å²) in [6.07, 6.45) is 0. The highest BCUT2D eigenvalue weighted by Crippen LogP contribution is 2.21. The average Bonchev–Trinajstić information content (AvgIpc) is 2.52. The number of amides is 1. The highest BCUT2D eigenvalue weighted by atomic mass is 35.5. The van der Waals surface area contributed by atoms with E-state index in [9.17, 15) is 13.6 Å². The molecule has 0 fully saturated rings. The van der Waals surface area contributed by atoms with E-state index in [1.165, 1.54) is 36.4 Å². The molecule has 2 rings (SSSR count). The molecule has 0 spiro atoms. The van der Waals surface area contributed by atoms with Crippen molar-refractivity contribution in [2.24, 2.45) is 0 Å². The molecule has 1 N–H and O–H groups in total. The van der Waals surface area contributed by atoms with Crippen molar-refractivity contribution in [3.8, 4) is 0 Å². The van der Waals surface area contributed by atoms with Gasteiger partial charge in [-0.25, -0.2) is 8.78 Å². The van der Waals surface area contributed by atoms with E-state index in [1.54, 1.807) is 24.9 Å². The van der Waals surface area contributed by atoms with Crippen LogP contribution in [-0.4, -0.2) is 23.9 Å². The Morgan fingerprint density at radius 3 is 2.48 bits per heavy atom. The Morgan fingerprint density at radius 2 is 1.87 bits per heavy atom. The van der Waals surface area contributed by atoms with Gasteiger partial charge in [0.1, 0.15) is 11.6 Å². The largest absolute Gasteiger partial charge is 0.325 e. The Balaban J connectivity index is 2.02. The molecule has 1 amide bonds. The zero-order valence-corrected chi connectivity index (χ0v) is 13.6. The SMILES string of the molecule is C[C@H](C(=O)Nc1ccc(F)cc1)N(C)Cc1c(F)cccc1Cl. The van der Waals surface area contributed by atoms with Crippen molar-refractivity contribution < 1.29 is 13.6 Å². The third-order valence-electron chi connectivity index (χ3n) is 3.62. The van der Waals surface area contributed by atoms with Crippen LogP contribution in [0.5, 0.6) is 0 Å². The number of halogens is 3. The zero-order valence-electron chi connectivity index (χ0n) is 12.8. The van der Waals surface area contributed by atoms with Gasteiger partial charge in [-0.1, -0.05) is 17.7 Å². The van der Waals surface area contributed by atoms with E-state index in [0.717, 1.165) is 0 Å². The second-order valence-electron chi connectivity index (χ2n) is 5.29. The molecule has 0 saturated carbocycles. The molecule has 0 aliphatic heterocycles. The van der Waals surface area contributed by atoms with Crippen LogP contribution >= 0.6 is 11.6 Å². The quantitative estimate of drug-likeness (QED) is 0.891. The molecule has 1 atom stereocenters. The molecule has 0 heterocycles. The fraction of sp³-hybridized carbons (Fsp3) is 0.235. The molecule has 0 aliphatic carbocycles. The maximum atomic E-state index is 13.8. The van der Waals surface area contributed by atoms with Crippen LogP contribution in [0.25, 0.3) is 0 Å². The first-order valence-electron chi connectivity index (χ1n) is 7.08. The van der Waals surface area contributed by atoms with Crippen LogP contribution in [0.15, 0.2) is 42.5 Å². The first kappa shape index (κ1) is 17.4. The Morgan fingerprint density at radius 1 is 1.22 bits per heavy atom. The molecule has 2 aromatic rings. The Bertz CT molecular complexity index is 671. The van der Waals surface area contributed by atoms with Gasteiger partial charge in [-0.3, -0.25) is 9.69 Å². The van der Waals surface area contributed by atoms with Gasteiger partial charge < -0.3 is 5.32 Å². The van der Waals surface area contributed by atoms with Gasteiger partial charge in [0.2, 0.25) is 5.91 Å². The van der Waals surface area contributed by atoms with Crippen LogP contribution < -0.4 is 5.32 Å². The summed E-state index contributed by atoms with van der Waals surface area (Å²) in [5.41, 5.74) is 0.846. The number of likely N-dealkylation sites (N-methyl/N-ethyl adjacent to an activating group) is 1. The summed E-state index contributed by atoms with van der Waals surface area (Å²) < 4.78 is 26.7. The van der Waals surface area contributed by atoms with E-state index in [1.807, 2.05) is 0 Å². The lowest BCUT2D eigenvalue weighted by Gasteiger charge is -2.24. The number of rotatable bonds is 5. The summed E-state index contributed by atoms with van der Waals surface area (Å²) >= 11 is 6.00. The van der Waals surface area contributed by atoms with Gasteiger partial charge >= 0.3 is 0 Å². The number of anilines is 1. The minimum absolute atomic E-state index is 0.198. The summed E-state index contributed by atoms with van der Waals surface area (Å²) in [6.45, 7) is 1.90. The highest BCUT2D eigenvalue weighted by molar-refractivity contribution is 6.31. The summed E-state index contributed by atoms with van der Waals surface area (Å²) in [5, 5.41) is 3.01. The molecule has 0 aliphatic rings. The summed E-state index contributed by atoms with van der Waals surface area (Å²) in [7, 11) is 1.71. The molecule has 0 unspecified atom stereocenters. The fourth-order valence-electron chi connectivity index (χ4n) is 2.05. The third kappa shape index (κ3) is 4.50. The number of nitrogens with zero attached hydrogens (tertiary/aromatic N) is 1. The molecular weight excluding hydrogens is 322 g/mol. The molecule has 3 nitrogen and oxygen atoms in total. The minimum atomic E-state index is -0.518. The van der Waals surface area contributed by atoms with Gasteiger partial charge in [-0.15, -0.1) is 0 Å². The first-order valence-corrected chi connectivity index (χ1v) is 7.46. The molecule has 0 aromatic heterocycles. The van der Waals surface area contributed by atoms with E-state index in [4.69, 9.17) is 11.6 Å². The number of carbonyl (C=O) groups is 1. The molecule has 0 bridgehead atoms. The number of carbonyl (C=O) groups excluding carboxylic acids is 1. The van der Waals surface area contributed by atoms with Gasteiger partial charge in [-0.05, 0) is 50.4 Å². The van der Waals surface area contributed by atoms with E-state index < -0.39 is 11.9 Å². The predicted molar refractivity (Wildman–Crippen MR) is 87.4 cm³/mol. The van der Waals surface area contributed by atoms with Crippen molar-refractivity contribution in [1.29, 1.82) is 0 Å². The minimum Gasteiger partial charge on any atom is -0.325 e. The molecular formula is C17H17ClF2N2O. The maximum Gasteiger partial charge on any atom is 0.241 e. The summed E-state index contributed by atoms with van der Waals surface area (Å²) in [5.74, 6) is -1.05. The van der Waals surface area contributed by atoms with Crippen molar-refractivity contribution >= 4 is 23.2 Å². The van der Waals surface area contributed by atoms with E-state index in [2.05, 4.69) is 5.32 Å². The van der Waals surface area contributed by atoms with Crippen LogP contribution in [0.2, 0.25) is 5.02 Å². The Labute approximate surface area is 138 Å². The van der Waals surface area contributed by atoms with E-state index >= 15 is 0 Å². The molecule has 122 valence electrons. The lowest BCUT2D eigenvalue weighted by Crippen LogP contribution is -2.39. The summed E-state index contributed by atoms with van der Waals surface area (Å²) in [4.78, 5) is 13.9. The van der Waals surface area contributed by atoms with E-state index in [-0.39, 0.29) is 18.3 Å². The van der Waals surface area contributed by atoms with Gasteiger partial charge in [-0.2, -0.15) is 0 Å². The highest BCUT2D eigenvalue weighted by Gasteiger charge is 2.20. The predicted octanol–water partition coefficient (Wildman–Crippen LogP) is 4.08. The van der Waals surface area contributed by atoms with Crippen molar-refractivity contribution in [2.45, 2.75) is 19.5 Å². The van der Waals surface area contributed by atoms with Gasteiger partial charge in [0.25, 0.3) is 0 Å². The molecule has 0 saturated heterocycles. The van der Waals surface area contributed by atoms with Gasteiger partial charge in [0.15, 0.2) is 0 Å². The number of nitrogens with one attached hydrogen (secondary N) is 1. The van der Waals surface area contributed by atoms with Crippen LogP contribution in [0, 0.1) is 11.6 Å². The second-order valence-corrected chi connectivity index (χ2v) is 5.69. The fourth-order valence-corrected chi connectivity index (χ4v) is 2.27. The standard InChI is InChI=1S/C17H17ClF2N2O/c1-11(17(23)21-13-8-6-12(19)7-9-13)22(2)10-14-15(18)4-3-5-16(14)20/h3-9,11H,10H2,1-2H3,(H,21,23)/t11-/m1/s1. The molecule has 23 heavy (non-hydrogen) atoms.